The number of hydrogen-bond donors (Lipinski definition) is 3. The van der Waals surface area contributed by atoms with Crippen LogP contribution in [0.4, 0.5) is 11.4 Å². The molecular weight excluding hydrogens is 460 g/mol. The molecule has 0 radical (unpaired) electrons. The molecule has 0 aromatic heterocycles. The molecule has 3 N–H and O–H groups in total. The molecule has 4 aromatic rings. The van der Waals surface area contributed by atoms with E-state index in [1.807, 2.05) is 66.7 Å². The molecule has 1 unspecified atom stereocenters. The smallest absolute Gasteiger partial charge is 0.336 e. The lowest BCUT2D eigenvalue weighted by atomic mass is 10.1. The van der Waals surface area contributed by atoms with E-state index in [2.05, 4.69) is 10.6 Å². The van der Waals surface area contributed by atoms with Crippen molar-refractivity contribution in [2.75, 3.05) is 10.6 Å². The van der Waals surface area contributed by atoms with Crippen molar-refractivity contribution >= 4 is 40.9 Å². The molecule has 0 bridgehead atoms. The van der Waals surface area contributed by atoms with E-state index >= 15 is 0 Å². The minimum atomic E-state index is -1.17. The van der Waals surface area contributed by atoms with Crippen LogP contribution in [-0.2, 0) is 4.79 Å². The van der Waals surface area contributed by atoms with Crippen molar-refractivity contribution in [1.82, 2.24) is 0 Å². The Kier molecular flexibility index (Phi) is 7.60. The molecule has 0 aliphatic rings. The summed E-state index contributed by atoms with van der Waals surface area (Å²) in [5.74, 6) is -1.86. The van der Waals surface area contributed by atoms with Crippen LogP contribution in [0.1, 0.15) is 31.5 Å². The summed E-state index contributed by atoms with van der Waals surface area (Å²) in [6.45, 7) is 0. The molecule has 0 heterocycles. The summed E-state index contributed by atoms with van der Waals surface area (Å²) in [6, 6.07) is 31.9. The number of nitrogens with one attached hydrogen (secondary N) is 2. The number of hydrogen-bond acceptors (Lipinski definition) is 4. The van der Waals surface area contributed by atoms with Gasteiger partial charge in [0.1, 0.15) is 5.25 Å². The number of thioether (sulfide) groups is 1. The molecule has 6 nitrogen and oxygen atoms in total. The van der Waals surface area contributed by atoms with Crippen LogP contribution in [0.15, 0.2) is 114 Å². The maximum absolute atomic E-state index is 13.2. The molecule has 2 amide bonds. The highest BCUT2D eigenvalue weighted by molar-refractivity contribution is 8.00. The van der Waals surface area contributed by atoms with Gasteiger partial charge in [0.15, 0.2) is 0 Å². The van der Waals surface area contributed by atoms with Crippen molar-refractivity contribution in [3.05, 3.63) is 126 Å². The Morgan fingerprint density at radius 1 is 0.657 bits per heavy atom. The fourth-order valence-corrected chi connectivity index (χ4v) is 4.56. The number of rotatable bonds is 8. The van der Waals surface area contributed by atoms with Gasteiger partial charge in [-0.15, -0.1) is 11.8 Å². The fourth-order valence-electron chi connectivity index (χ4n) is 3.48. The van der Waals surface area contributed by atoms with Crippen LogP contribution in [0.2, 0.25) is 0 Å². The first-order valence-corrected chi connectivity index (χ1v) is 11.7. The van der Waals surface area contributed by atoms with Crippen LogP contribution in [0.25, 0.3) is 0 Å². The van der Waals surface area contributed by atoms with E-state index in [4.69, 9.17) is 0 Å². The molecule has 7 heteroatoms. The molecule has 4 aromatic carbocycles. The molecule has 0 aliphatic carbocycles. The second kappa shape index (κ2) is 11.2. The van der Waals surface area contributed by atoms with Gasteiger partial charge < -0.3 is 15.7 Å². The van der Waals surface area contributed by atoms with Gasteiger partial charge in [-0.1, -0.05) is 66.7 Å². The van der Waals surface area contributed by atoms with Gasteiger partial charge in [-0.25, -0.2) is 4.79 Å². The van der Waals surface area contributed by atoms with Crippen LogP contribution in [0.3, 0.4) is 0 Å². The van der Waals surface area contributed by atoms with E-state index in [0.717, 1.165) is 10.5 Å². The zero-order chi connectivity index (χ0) is 24.6. The number of carboxylic acids is 1. The number of benzene rings is 4. The van der Waals surface area contributed by atoms with Crippen molar-refractivity contribution in [3.8, 4) is 0 Å². The van der Waals surface area contributed by atoms with Gasteiger partial charge in [0, 0.05) is 16.3 Å². The molecule has 1 atom stereocenters. The molecule has 0 fully saturated rings. The molecule has 0 aliphatic heterocycles. The van der Waals surface area contributed by atoms with Crippen LogP contribution in [0, 0.1) is 0 Å². The summed E-state index contributed by atoms with van der Waals surface area (Å²) in [6.07, 6.45) is 0. The highest BCUT2D eigenvalue weighted by Gasteiger charge is 2.23. The first kappa shape index (κ1) is 23.8. The third kappa shape index (κ3) is 6.16. The predicted octanol–water partition coefficient (Wildman–Crippen LogP) is 6.11. The average Bonchev–Trinajstić information content (AvgIpc) is 2.88. The summed E-state index contributed by atoms with van der Waals surface area (Å²) in [7, 11) is 0. The Morgan fingerprint density at radius 2 is 1.26 bits per heavy atom. The molecule has 0 saturated carbocycles. The van der Waals surface area contributed by atoms with Gasteiger partial charge in [-0.2, -0.15) is 0 Å². The Bertz CT molecular complexity index is 1340. The van der Waals surface area contributed by atoms with Gasteiger partial charge in [-0.3, -0.25) is 9.59 Å². The maximum Gasteiger partial charge on any atom is 0.336 e. The summed E-state index contributed by atoms with van der Waals surface area (Å²) in [5, 5.41) is 14.6. The summed E-state index contributed by atoms with van der Waals surface area (Å²) < 4.78 is 0. The number of anilines is 2. The van der Waals surface area contributed by atoms with Gasteiger partial charge in [-0.05, 0) is 48.0 Å². The number of para-hydroxylation sites is 1. The topological polar surface area (TPSA) is 95.5 Å². The van der Waals surface area contributed by atoms with Crippen molar-refractivity contribution in [2.45, 2.75) is 10.1 Å². The standard InChI is InChI=1S/C28H22N2O4S/c31-26(23-16-7-8-17-24(23)28(33)34)30-21-14-9-15-22(18-21)35-25(19-10-3-1-4-11-19)27(32)29-20-12-5-2-6-13-20/h1-18,25H,(H,29,32)(H,30,31)(H,33,34). The second-order valence-corrected chi connectivity index (χ2v) is 8.78. The number of amides is 2. The molecule has 0 spiro atoms. The number of aromatic carboxylic acids is 1. The van der Waals surface area contributed by atoms with E-state index < -0.39 is 17.1 Å². The van der Waals surface area contributed by atoms with Crippen molar-refractivity contribution in [2.24, 2.45) is 0 Å². The highest BCUT2D eigenvalue weighted by atomic mass is 32.2. The maximum atomic E-state index is 13.2. The summed E-state index contributed by atoms with van der Waals surface area (Å²) in [5.41, 5.74) is 2.04. The SMILES string of the molecule is O=C(O)c1ccccc1C(=O)Nc1cccc(SC(C(=O)Nc2ccccc2)c2ccccc2)c1. The Balaban J connectivity index is 1.55. The lowest BCUT2D eigenvalue weighted by molar-refractivity contribution is -0.115. The molecular formula is C28H22N2O4S. The Labute approximate surface area is 207 Å². The van der Waals surface area contributed by atoms with Crippen molar-refractivity contribution in [1.29, 1.82) is 0 Å². The Hall–Kier alpha value is -4.36. The van der Waals surface area contributed by atoms with Crippen LogP contribution >= 0.6 is 11.8 Å². The predicted molar refractivity (Wildman–Crippen MR) is 138 cm³/mol. The van der Waals surface area contributed by atoms with E-state index in [1.165, 1.54) is 23.9 Å². The average molecular weight is 483 g/mol. The van der Waals surface area contributed by atoms with Crippen LogP contribution in [-0.4, -0.2) is 22.9 Å². The molecule has 0 saturated heterocycles. The van der Waals surface area contributed by atoms with E-state index in [-0.39, 0.29) is 17.0 Å². The Morgan fingerprint density at radius 3 is 1.94 bits per heavy atom. The van der Waals surface area contributed by atoms with Crippen molar-refractivity contribution in [3.63, 3.8) is 0 Å². The lowest BCUT2D eigenvalue weighted by Gasteiger charge is -2.18. The van der Waals surface area contributed by atoms with Crippen LogP contribution in [0.5, 0.6) is 0 Å². The minimum absolute atomic E-state index is 0.0717. The van der Waals surface area contributed by atoms with Gasteiger partial charge in [0.25, 0.3) is 5.91 Å². The van der Waals surface area contributed by atoms with Crippen LogP contribution < -0.4 is 10.6 Å². The first-order chi connectivity index (χ1) is 17.0. The molecule has 174 valence electrons. The van der Waals surface area contributed by atoms with E-state index in [9.17, 15) is 19.5 Å². The monoisotopic (exact) mass is 482 g/mol. The highest BCUT2D eigenvalue weighted by Crippen LogP contribution is 2.37. The van der Waals surface area contributed by atoms with Gasteiger partial charge >= 0.3 is 5.97 Å². The zero-order valence-electron chi connectivity index (χ0n) is 18.5. The third-order valence-corrected chi connectivity index (χ3v) is 6.38. The summed E-state index contributed by atoms with van der Waals surface area (Å²) >= 11 is 1.36. The number of carbonyl (C=O) groups excluding carboxylic acids is 2. The largest absolute Gasteiger partial charge is 0.478 e. The fraction of sp³-hybridized carbons (Fsp3) is 0.0357. The number of carbonyl (C=O) groups is 3. The zero-order valence-corrected chi connectivity index (χ0v) is 19.4. The van der Waals surface area contributed by atoms with Crippen molar-refractivity contribution < 1.29 is 19.5 Å². The molecule has 4 rings (SSSR count). The van der Waals surface area contributed by atoms with Gasteiger partial charge in [0.2, 0.25) is 5.91 Å². The first-order valence-electron chi connectivity index (χ1n) is 10.8. The quantitative estimate of drug-likeness (QED) is 0.263. The van der Waals surface area contributed by atoms with Gasteiger partial charge in [0.05, 0.1) is 11.1 Å². The normalized spacial score (nSPS) is 11.3. The third-order valence-electron chi connectivity index (χ3n) is 5.13. The van der Waals surface area contributed by atoms with E-state index in [0.29, 0.717) is 11.4 Å². The second-order valence-electron chi connectivity index (χ2n) is 7.60. The summed E-state index contributed by atoms with van der Waals surface area (Å²) in [4.78, 5) is 38.2. The molecule has 35 heavy (non-hydrogen) atoms. The lowest BCUT2D eigenvalue weighted by Crippen LogP contribution is -2.19. The number of carboxylic acid groups (broad SMARTS) is 1. The van der Waals surface area contributed by atoms with E-state index in [1.54, 1.807) is 30.3 Å². The minimum Gasteiger partial charge on any atom is -0.478 e.